The van der Waals surface area contributed by atoms with Crippen molar-refractivity contribution < 1.29 is 10.2 Å². The van der Waals surface area contributed by atoms with Crippen molar-refractivity contribution >= 4 is 34.6 Å². The van der Waals surface area contributed by atoms with Crippen LogP contribution in [0, 0.1) is 0 Å². The normalized spacial score (nSPS) is 9.44. The minimum absolute atomic E-state index is 0.0523. The first-order chi connectivity index (χ1) is 8.43. The van der Waals surface area contributed by atoms with Gasteiger partial charge in [-0.2, -0.15) is 0 Å². The van der Waals surface area contributed by atoms with E-state index in [9.17, 15) is 0 Å². The smallest absolute Gasteiger partial charge is 0.138 e. The van der Waals surface area contributed by atoms with Crippen LogP contribution >= 0.6 is 23.2 Å². The van der Waals surface area contributed by atoms with Crippen LogP contribution in [0.5, 0.6) is 11.5 Å². The number of benzene rings is 2. The van der Waals surface area contributed by atoms with Gasteiger partial charge < -0.3 is 21.7 Å². The highest BCUT2D eigenvalue weighted by Crippen LogP contribution is 2.34. The van der Waals surface area contributed by atoms with Crippen LogP contribution in [0.2, 0.25) is 10.0 Å². The predicted octanol–water partition coefficient (Wildman–Crippen LogP) is 3.26. The summed E-state index contributed by atoms with van der Waals surface area (Å²) in [7, 11) is 0. The molecule has 0 heterocycles. The van der Waals surface area contributed by atoms with Gasteiger partial charge in [0.05, 0.1) is 16.4 Å². The zero-order chi connectivity index (χ0) is 13.7. The molecule has 0 spiro atoms. The van der Waals surface area contributed by atoms with E-state index in [4.69, 9.17) is 44.9 Å². The van der Waals surface area contributed by atoms with Crippen molar-refractivity contribution in [2.24, 2.45) is 0 Å². The van der Waals surface area contributed by atoms with Gasteiger partial charge in [0.15, 0.2) is 0 Å². The van der Waals surface area contributed by atoms with Gasteiger partial charge in [-0.3, -0.25) is 0 Å². The second-order valence-electron chi connectivity index (χ2n) is 3.35. The Hall–Kier alpha value is -1.78. The molecule has 2 rings (SSSR count). The molecule has 0 bridgehead atoms. The molecule has 0 saturated heterocycles. The molecule has 0 atom stereocenters. The Bertz CT molecular complexity index is 500. The van der Waals surface area contributed by atoms with Gasteiger partial charge in [0.2, 0.25) is 0 Å². The van der Waals surface area contributed by atoms with Gasteiger partial charge in [-0.05, 0) is 24.3 Å². The van der Waals surface area contributed by atoms with Gasteiger partial charge in [0, 0.05) is 0 Å². The highest BCUT2D eigenvalue weighted by molar-refractivity contribution is 6.39. The third kappa shape index (κ3) is 3.61. The number of phenolic OH excluding ortho intramolecular Hbond substituents is 2. The van der Waals surface area contributed by atoms with E-state index < -0.39 is 0 Å². The van der Waals surface area contributed by atoms with Gasteiger partial charge in [-0.1, -0.05) is 35.3 Å². The van der Waals surface area contributed by atoms with Crippen LogP contribution in [0.3, 0.4) is 0 Å². The summed E-state index contributed by atoms with van der Waals surface area (Å²) in [6.45, 7) is 0. The highest BCUT2D eigenvalue weighted by atomic mass is 35.5. The third-order valence-electron chi connectivity index (χ3n) is 2.04. The standard InChI is InChI=1S/C6H5Cl2NO.C6H7NO/c7-3-1-2-4(10)5(8)6(3)9;7-5-3-1-2-4-6(5)8/h1-2,10H,9H2;1-4,8H,7H2. The first kappa shape index (κ1) is 14.3. The molecule has 4 nitrogen and oxygen atoms in total. The molecular formula is C12H12Cl2N2O2. The maximum Gasteiger partial charge on any atom is 0.138 e. The van der Waals surface area contributed by atoms with E-state index in [1.54, 1.807) is 24.3 Å². The first-order valence-electron chi connectivity index (χ1n) is 4.89. The Labute approximate surface area is 114 Å². The molecule has 6 heteroatoms. The van der Waals surface area contributed by atoms with Crippen LogP contribution in [0.25, 0.3) is 0 Å². The van der Waals surface area contributed by atoms with Crippen molar-refractivity contribution in [1.82, 2.24) is 0 Å². The molecule has 2 aromatic rings. The van der Waals surface area contributed by atoms with Crippen molar-refractivity contribution in [2.45, 2.75) is 0 Å². The van der Waals surface area contributed by atoms with Crippen LogP contribution in [0.1, 0.15) is 0 Å². The summed E-state index contributed by atoms with van der Waals surface area (Å²) in [5, 5.41) is 18.2. The van der Waals surface area contributed by atoms with Crippen LogP contribution < -0.4 is 11.5 Å². The number of nitrogen functional groups attached to an aromatic ring is 2. The van der Waals surface area contributed by atoms with Gasteiger partial charge in [-0.15, -0.1) is 0 Å². The number of hydrogen-bond acceptors (Lipinski definition) is 4. The molecule has 18 heavy (non-hydrogen) atoms. The Kier molecular flexibility index (Phi) is 4.95. The average Bonchev–Trinajstić information content (AvgIpc) is 2.36. The number of hydrogen-bond donors (Lipinski definition) is 4. The van der Waals surface area contributed by atoms with E-state index in [1.165, 1.54) is 12.1 Å². The SMILES string of the molecule is Nc1c(Cl)ccc(O)c1Cl.Nc1ccccc1O. The maximum absolute atomic E-state index is 8.95. The van der Waals surface area contributed by atoms with Crippen LogP contribution in [-0.4, -0.2) is 10.2 Å². The lowest BCUT2D eigenvalue weighted by molar-refractivity contribution is 0.476. The number of nitrogens with two attached hydrogens (primary N) is 2. The van der Waals surface area contributed by atoms with E-state index >= 15 is 0 Å². The Balaban J connectivity index is 0.000000184. The van der Waals surface area contributed by atoms with Crippen molar-refractivity contribution in [3.63, 3.8) is 0 Å². The van der Waals surface area contributed by atoms with E-state index in [-0.39, 0.29) is 22.2 Å². The molecule has 0 aromatic heterocycles. The van der Waals surface area contributed by atoms with Crippen molar-refractivity contribution in [1.29, 1.82) is 0 Å². The maximum atomic E-state index is 8.95. The van der Waals surface area contributed by atoms with Gasteiger partial charge in [0.25, 0.3) is 0 Å². The molecule has 0 aliphatic carbocycles. The first-order valence-corrected chi connectivity index (χ1v) is 5.65. The molecule has 0 aliphatic rings. The van der Waals surface area contributed by atoms with Gasteiger partial charge in [-0.25, -0.2) is 0 Å². The topological polar surface area (TPSA) is 92.5 Å². The molecule has 0 unspecified atom stereocenters. The van der Waals surface area contributed by atoms with Gasteiger partial charge >= 0.3 is 0 Å². The fourth-order valence-electron chi connectivity index (χ4n) is 1.05. The summed E-state index contributed by atoms with van der Waals surface area (Å²) in [5.74, 6) is 0.0936. The van der Waals surface area contributed by atoms with Crippen molar-refractivity contribution in [3.8, 4) is 11.5 Å². The number of phenols is 2. The number of halogens is 2. The fourth-order valence-corrected chi connectivity index (χ4v) is 1.42. The summed E-state index contributed by atoms with van der Waals surface area (Å²) in [4.78, 5) is 0. The average molecular weight is 287 g/mol. The monoisotopic (exact) mass is 286 g/mol. The molecule has 0 saturated carbocycles. The third-order valence-corrected chi connectivity index (χ3v) is 2.77. The Morgan fingerprint density at radius 2 is 1.44 bits per heavy atom. The molecule has 6 N–H and O–H groups in total. The molecule has 0 radical (unpaired) electrons. The van der Waals surface area contributed by atoms with Gasteiger partial charge in [0.1, 0.15) is 16.5 Å². The minimum atomic E-state index is -0.0523. The molecule has 0 fully saturated rings. The molecular weight excluding hydrogens is 275 g/mol. The Morgan fingerprint density at radius 3 is 1.89 bits per heavy atom. The highest BCUT2D eigenvalue weighted by Gasteiger charge is 2.04. The molecule has 0 amide bonds. The van der Waals surface area contributed by atoms with Crippen LogP contribution in [0.15, 0.2) is 36.4 Å². The number of aromatic hydroxyl groups is 2. The molecule has 2 aromatic carbocycles. The van der Waals surface area contributed by atoms with E-state index in [0.29, 0.717) is 10.7 Å². The minimum Gasteiger partial charge on any atom is -0.506 e. The second kappa shape index (κ2) is 6.23. The number of para-hydroxylation sites is 2. The van der Waals surface area contributed by atoms with E-state index in [1.807, 2.05) is 0 Å². The van der Waals surface area contributed by atoms with E-state index in [2.05, 4.69) is 0 Å². The number of rotatable bonds is 0. The van der Waals surface area contributed by atoms with Crippen LogP contribution in [-0.2, 0) is 0 Å². The van der Waals surface area contributed by atoms with Crippen molar-refractivity contribution in [2.75, 3.05) is 11.5 Å². The lowest BCUT2D eigenvalue weighted by atomic mass is 10.3. The zero-order valence-electron chi connectivity index (χ0n) is 9.27. The van der Waals surface area contributed by atoms with Crippen molar-refractivity contribution in [3.05, 3.63) is 46.4 Å². The quantitative estimate of drug-likeness (QED) is 0.442. The van der Waals surface area contributed by atoms with E-state index in [0.717, 1.165) is 0 Å². The Morgan fingerprint density at radius 1 is 0.833 bits per heavy atom. The summed E-state index contributed by atoms with van der Waals surface area (Å²) < 4.78 is 0. The summed E-state index contributed by atoms with van der Waals surface area (Å²) in [5.41, 5.74) is 11.3. The zero-order valence-corrected chi connectivity index (χ0v) is 10.8. The second-order valence-corrected chi connectivity index (χ2v) is 4.14. The van der Waals surface area contributed by atoms with Crippen LogP contribution in [0.4, 0.5) is 11.4 Å². The number of anilines is 2. The largest absolute Gasteiger partial charge is 0.506 e. The lowest BCUT2D eigenvalue weighted by Crippen LogP contribution is -1.86. The summed E-state index contributed by atoms with van der Waals surface area (Å²) in [6, 6.07) is 9.57. The predicted molar refractivity (Wildman–Crippen MR) is 75.1 cm³/mol. The lowest BCUT2D eigenvalue weighted by Gasteiger charge is -2.01. The fraction of sp³-hybridized carbons (Fsp3) is 0. The summed E-state index contributed by atoms with van der Waals surface area (Å²) >= 11 is 11.1. The molecule has 0 aliphatic heterocycles. The molecule has 96 valence electrons. The summed E-state index contributed by atoms with van der Waals surface area (Å²) in [6.07, 6.45) is 0.